The van der Waals surface area contributed by atoms with E-state index in [9.17, 15) is 13.2 Å². The Morgan fingerprint density at radius 1 is 1.05 bits per heavy atom. The second-order valence-electron chi connectivity index (χ2n) is 5.09. The van der Waals surface area contributed by atoms with Gasteiger partial charge in [-0.2, -0.15) is 13.2 Å². The van der Waals surface area contributed by atoms with Crippen molar-refractivity contribution >= 4 is 5.90 Å². The fourth-order valence-corrected chi connectivity index (χ4v) is 2.48. The molecule has 0 bridgehead atoms. The molecule has 3 rings (SSSR count). The summed E-state index contributed by atoms with van der Waals surface area (Å²) in [7, 11) is 0. The van der Waals surface area contributed by atoms with E-state index >= 15 is 0 Å². The zero-order chi connectivity index (χ0) is 15.6. The Balaban J connectivity index is 1.94. The van der Waals surface area contributed by atoms with Crippen molar-refractivity contribution in [3.05, 3.63) is 66.0 Å². The van der Waals surface area contributed by atoms with Gasteiger partial charge in [-0.3, -0.25) is 4.98 Å². The molecule has 0 radical (unpaired) electrons. The maximum absolute atomic E-state index is 13.0. The van der Waals surface area contributed by atoms with E-state index in [0.29, 0.717) is 11.3 Å². The Kier molecular flexibility index (Phi) is 3.60. The summed E-state index contributed by atoms with van der Waals surface area (Å²) < 4.78 is 44.7. The Labute approximate surface area is 125 Å². The van der Waals surface area contributed by atoms with Gasteiger partial charge < -0.3 is 4.74 Å². The number of halogens is 3. The largest absolute Gasteiger partial charge is 0.462 e. The number of aliphatic imine (C=N–C) groups is 1. The van der Waals surface area contributed by atoms with Crippen LogP contribution in [0, 0.1) is 0 Å². The third-order valence-corrected chi connectivity index (χ3v) is 3.44. The lowest BCUT2D eigenvalue weighted by atomic mass is 9.90. The molecule has 1 aliphatic rings. The molecule has 1 aromatic heterocycles. The molecule has 2 heterocycles. The third-order valence-electron chi connectivity index (χ3n) is 3.44. The van der Waals surface area contributed by atoms with E-state index in [1.807, 2.05) is 0 Å². The topological polar surface area (TPSA) is 34.5 Å². The van der Waals surface area contributed by atoms with Gasteiger partial charge in [-0.15, -0.1) is 0 Å². The van der Waals surface area contributed by atoms with Crippen molar-refractivity contribution in [3.8, 4) is 0 Å². The van der Waals surface area contributed by atoms with Gasteiger partial charge in [-0.05, 0) is 17.7 Å². The number of alkyl halides is 3. The molecule has 0 N–H and O–H groups in total. The number of benzene rings is 1. The number of rotatable bonds is 3. The predicted octanol–water partition coefficient (Wildman–Crippen LogP) is 3.71. The molecule has 6 heteroatoms. The van der Waals surface area contributed by atoms with Crippen LogP contribution in [0.2, 0.25) is 0 Å². The average molecular weight is 306 g/mol. The molecule has 1 aromatic carbocycles. The summed E-state index contributed by atoms with van der Waals surface area (Å²) in [4.78, 5) is 8.23. The van der Waals surface area contributed by atoms with Gasteiger partial charge in [0.1, 0.15) is 5.69 Å². The molecule has 2 aromatic rings. The first kappa shape index (κ1) is 14.6. The summed E-state index contributed by atoms with van der Waals surface area (Å²) >= 11 is 0. The fourth-order valence-electron chi connectivity index (χ4n) is 2.48. The van der Waals surface area contributed by atoms with E-state index in [4.69, 9.17) is 4.74 Å². The standard InChI is InChI=1S/C16H13F3N2O/c17-16(18,19)10-15(12-6-2-1-3-7-12)11-21-14(22-15)13-8-4-5-9-20-13/h1-9H,10-11H2. The summed E-state index contributed by atoms with van der Waals surface area (Å²) in [6.07, 6.45) is -3.90. The Morgan fingerprint density at radius 2 is 1.77 bits per heavy atom. The van der Waals surface area contributed by atoms with Gasteiger partial charge in [0.2, 0.25) is 5.90 Å². The fraction of sp³-hybridized carbons (Fsp3) is 0.250. The number of hydrogen-bond acceptors (Lipinski definition) is 3. The molecule has 1 atom stereocenters. The van der Waals surface area contributed by atoms with Crippen LogP contribution in [0.1, 0.15) is 17.7 Å². The molecule has 1 aliphatic heterocycles. The highest BCUT2D eigenvalue weighted by molar-refractivity contribution is 5.93. The minimum absolute atomic E-state index is 0.0809. The summed E-state index contributed by atoms with van der Waals surface area (Å²) in [5.74, 6) is 0.147. The highest BCUT2D eigenvalue weighted by atomic mass is 19.4. The van der Waals surface area contributed by atoms with Crippen molar-refractivity contribution in [2.24, 2.45) is 4.99 Å². The van der Waals surface area contributed by atoms with E-state index in [-0.39, 0.29) is 12.4 Å². The van der Waals surface area contributed by atoms with Gasteiger partial charge in [0.05, 0.1) is 13.0 Å². The van der Waals surface area contributed by atoms with Crippen molar-refractivity contribution in [1.29, 1.82) is 0 Å². The molecule has 3 nitrogen and oxygen atoms in total. The van der Waals surface area contributed by atoms with Crippen molar-refractivity contribution in [2.75, 3.05) is 6.54 Å². The lowest BCUT2D eigenvalue weighted by Gasteiger charge is -2.29. The lowest BCUT2D eigenvalue weighted by molar-refractivity contribution is -0.170. The first-order chi connectivity index (χ1) is 10.5. The van der Waals surface area contributed by atoms with Gasteiger partial charge in [0.15, 0.2) is 5.60 Å². The molecule has 1 unspecified atom stereocenters. The Hall–Kier alpha value is -2.37. The van der Waals surface area contributed by atoms with Crippen LogP contribution < -0.4 is 0 Å². The van der Waals surface area contributed by atoms with Gasteiger partial charge in [0.25, 0.3) is 0 Å². The van der Waals surface area contributed by atoms with E-state index in [2.05, 4.69) is 9.98 Å². The normalized spacial score (nSPS) is 21.3. The third kappa shape index (κ3) is 2.95. The van der Waals surface area contributed by atoms with Crippen LogP contribution in [-0.4, -0.2) is 23.6 Å². The second-order valence-corrected chi connectivity index (χ2v) is 5.09. The minimum Gasteiger partial charge on any atom is -0.462 e. The summed E-state index contributed by atoms with van der Waals surface area (Å²) in [6, 6.07) is 13.5. The van der Waals surface area contributed by atoms with Crippen molar-refractivity contribution < 1.29 is 17.9 Å². The molecule has 22 heavy (non-hydrogen) atoms. The number of pyridine rings is 1. The maximum Gasteiger partial charge on any atom is 0.393 e. The van der Waals surface area contributed by atoms with Crippen LogP contribution in [0.25, 0.3) is 0 Å². The molecular formula is C16H13F3N2O. The van der Waals surface area contributed by atoms with Crippen LogP contribution >= 0.6 is 0 Å². The number of hydrogen-bond donors (Lipinski definition) is 0. The molecule has 0 amide bonds. The molecule has 0 saturated heterocycles. The average Bonchev–Trinajstić information content (AvgIpc) is 2.92. The van der Waals surface area contributed by atoms with E-state index in [1.165, 1.54) is 0 Å². The number of nitrogens with zero attached hydrogens (tertiary/aromatic N) is 2. The Morgan fingerprint density at radius 3 is 2.41 bits per heavy atom. The van der Waals surface area contributed by atoms with Gasteiger partial charge in [-0.1, -0.05) is 36.4 Å². The predicted molar refractivity (Wildman–Crippen MR) is 75.5 cm³/mol. The first-order valence-corrected chi connectivity index (χ1v) is 6.76. The zero-order valence-corrected chi connectivity index (χ0v) is 11.5. The zero-order valence-electron chi connectivity index (χ0n) is 11.5. The van der Waals surface area contributed by atoms with E-state index < -0.39 is 18.2 Å². The van der Waals surface area contributed by atoms with Crippen LogP contribution in [-0.2, 0) is 10.3 Å². The number of ether oxygens (including phenoxy) is 1. The number of aromatic nitrogens is 1. The summed E-state index contributed by atoms with van der Waals surface area (Å²) in [6.45, 7) is -0.0809. The molecule has 0 fully saturated rings. The lowest BCUT2D eigenvalue weighted by Crippen LogP contribution is -2.36. The van der Waals surface area contributed by atoms with Crippen LogP contribution in [0.3, 0.4) is 0 Å². The van der Waals surface area contributed by atoms with E-state index in [1.54, 1.807) is 54.7 Å². The minimum atomic E-state index is -4.36. The quantitative estimate of drug-likeness (QED) is 0.866. The first-order valence-electron chi connectivity index (χ1n) is 6.76. The Bertz CT molecular complexity index is 671. The molecular weight excluding hydrogens is 293 g/mol. The highest BCUT2D eigenvalue weighted by Crippen LogP contribution is 2.41. The SMILES string of the molecule is FC(F)(F)CC1(c2ccccc2)CN=C(c2ccccn2)O1. The van der Waals surface area contributed by atoms with Crippen LogP contribution in [0.5, 0.6) is 0 Å². The molecule has 0 saturated carbocycles. The maximum atomic E-state index is 13.0. The highest BCUT2D eigenvalue weighted by Gasteiger charge is 2.49. The second kappa shape index (κ2) is 5.44. The van der Waals surface area contributed by atoms with E-state index in [0.717, 1.165) is 0 Å². The van der Waals surface area contributed by atoms with Gasteiger partial charge in [0, 0.05) is 6.20 Å². The smallest absolute Gasteiger partial charge is 0.393 e. The van der Waals surface area contributed by atoms with Gasteiger partial charge in [-0.25, -0.2) is 4.99 Å². The van der Waals surface area contributed by atoms with Crippen molar-refractivity contribution in [1.82, 2.24) is 4.98 Å². The van der Waals surface area contributed by atoms with Crippen molar-refractivity contribution in [2.45, 2.75) is 18.2 Å². The molecule has 0 aliphatic carbocycles. The van der Waals surface area contributed by atoms with Crippen molar-refractivity contribution in [3.63, 3.8) is 0 Å². The molecule has 114 valence electrons. The van der Waals surface area contributed by atoms with Gasteiger partial charge >= 0.3 is 6.18 Å². The summed E-state index contributed by atoms with van der Waals surface area (Å²) in [5.41, 5.74) is -0.628. The van der Waals surface area contributed by atoms with Crippen LogP contribution in [0.4, 0.5) is 13.2 Å². The molecule has 0 spiro atoms. The summed E-state index contributed by atoms with van der Waals surface area (Å²) in [5, 5.41) is 0. The monoisotopic (exact) mass is 306 g/mol. The van der Waals surface area contributed by atoms with Crippen LogP contribution in [0.15, 0.2) is 59.7 Å².